The molecule has 7 heteroatoms. The van der Waals surface area contributed by atoms with Gasteiger partial charge in [-0.3, -0.25) is 14.5 Å². The molecule has 1 amide bonds. The lowest BCUT2D eigenvalue weighted by Gasteiger charge is -2.06. The monoisotopic (exact) mass is 260 g/mol. The van der Waals surface area contributed by atoms with Gasteiger partial charge in [-0.25, -0.2) is 0 Å². The van der Waals surface area contributed by atoms with Crippen LogP contribution < -0.4 is 11.1 Å². The molecule has 0 aliphatic rings. The van der Waals surface area contributed by atoms with Gasteiger partial charge in [0, 0.05) is 12.2 Å². The van der Waals surface area contributed by atoms with Gasteiger partial charge in [0.05, 0.1) is 24.1 Å². The molecule has 0 bridgehead atoms. The summed E-state index contributed by atoms with van der Waals surface area (Å²) in [4.78, 5) is 16.3. The number of aryl methyl sites for hydroxylation is 2. The molecule has 7 nitrogen and oxygen atoms in total. The fourth-order valence-electron chi connectivity index (χ4n) is 1.65. The van der Waals surface area contributed by atoms with E-state index in [1.807, 2.05) is 26.0 Å². The molecule has 0 saturated heterocycles. The Balaban J connectivity index is 2.11. The number of anilines is 1. The third kappa shape index (κ3) is 3.14. The van der Waals surface area contributed by atoms with Crippen LogP contribution in [0.5, 0.6) is 0 Å². The highest BCUT2D eigenvalue weighted by molar-refractivity contribution is 6.02. The Kier molecular flexibility index (Phi) is 3.86. The summed E-state index contributed by atoms with van der Waals surface area (Å²) < 4.78 is 1.54. The molecular formula is C12H16N6O. The van der Waals surface area contributed by atoms with Crippen LogP contribution in [0.25, 0.3) is 0 Å². The van der Waals surface area contributed by atoms with E-state index in [0.29, 0.717) is 18.8 Å². The van der Waals surface area contributed by atoms with Crippen molar-refractivity contribution in [1.29, 1.82) is 0 Å². The van der Waals surface area contributed by atoms with E-state index in [1.165, 1.54) is 4.68 Å². The van der Waals surface area contributed by atoms with Crippen LogP contribution in [0, 0.1) is 13.8 Å². The van der Waals surface area contributed by atoms with E-state index >= 15 is 0 Å². The van der Waals surface area contributed by atoms with Gasteiger partial charge in [-0.2, -0.15) is 0 Å². The number of carbonyl (C=O) groups is 1. The summed E-state index contributed by atoms with van der Waals surface area (Å²) in [7, 11) is 0. The zero-order valence-corrected chi connectivity index (χ0v) is 10.9. The Morgan fingerprint density at radius 3 is 2.89 bits per heavy atom. The quantitative estimate of drug-likeness (QED) is 0.834. The lowest BCUT2D eigenvalue weighted by atomic mass is 10.2. The Morgan fingerprint density at radius 1 is 1.42 bits per heavy atom. The van der Waals surface area contributed by atoms with Crippen molar-refractivity contribution in [3.8, 4) is 0 Å². The fraction of sp³-hybridized carbons (Fsp3) is 0.333. The average molecular weight is 260 g/mol. The SMILES string of the molecule is Cc1ccc(NC(=O)c2cn(CCN)nn2)c(C)n1. The predicted molar refractivity (Wildman–Crippen MR) is 70.7 cm³/mol. The first kappa shape index (κ1) is 13.2. The van der Waals surface area contributed by atoms with Gasteiger partial charge in [-0.1, -0.05) is 5.21 Å². The Morgan fingerprint density at radius 2 is 2.21 bits per heavy atom. The van der Waals surface area contributed by atoms with Crippen LogP contribution in [-0.2, 0) is 6.54 Å². The molecule has 3 N–H and O–H groups in total. The number of carbonyl (C=O) groups excluding carboxylic acids is 1. The molecule has 2 rings (SSSR count). The first-order valence-corrected chi connectivity index (χ1v) is 5.96. The molecule has 100 valence electrons. The maximum atomic E-state index is 12.0. The van der Waals surface area contributed by atoms with Gasteiger partial charge in [0.25, 0.3) is 5.91 Å². The molecule has 0 fully saturated rings. The zero-order valence-electron chi connectivity index (χ0n) is 10.9. The molecule has 2 aromatic heterocycles. The van der Waals surface area contributed by atoms with E-state index in [2.05, 4.69) is 20.6 Å². The van der Waals surface area contributed by atoms with Crippen molar-refractivity contribution in [1.82, 2.24) is 20.0 Å². The highest BCUT2D eigenvalue weighted by atomic mass is 16.2. The van der Waals surface area contributed by atoms with Crippen molar-refractivity contribution in [2.45, 2.75) is 20.4 Å². The highest BCUT2D eigenvalue weighted by Gasteiger charge is 2.12. The second-order valence-corrected chi connectivity index (χ2v) is 4.20. The van der Waals surface area contributed by atoms with Crippen molar-refractivity contribution >= 4 is 11.6 Å². The second kappa shape index (κ2) is 5.57. The third-order valence-corrected chi connectivity index (χ3v) is 2.60. The largest absolute Gasteiger partial charge is 0.329 e. The lowest BCUT2D eigenvalue weighted by molar-refractivity contribution is 0.102. The molecule has 2 heterocycles. The van der Waals surface area contributed by atoms with Crippen molar-refractivity contribution < 1.29 is 4.79 Å². The smallest absolute Gasteiger partial charge is 0.277 e. The van der Waals surface area contributed by atoms with Gasteiger partial charge in [-0.05, 0) is 26.0 Å². The normalized spacial score (nSPS) is 10.5. The van der Waals surface area contributed by atoms with Gasteiger partial charge in [0.15, 0.2) is 5.69 Å². The molecular weight excluding hydrogens is 244 g/mol. The molecule has 0 unspecified atom stereocenters. The van der Waals surface area contributed by atoms with Crippen molar-refractivity contribution in [3.05, 3.63) is 35.4 Å². The number of amides is 1. The minimum atomic E-state index is -0.308. The van der Waals surface area contributed by atoms with Gasteiger partial charge >= 0.3 is 0 Å². The number of nitrogens with two attached hydrogens (primary N) is 1. The summed E-state index contributed by atoms with van der Waals surface area (Å²) in [5.41, 5.74) is 8.01. The molecule has 0 atom stereocenters. The number of hydrogen-bond acceptors (Lipinski definition) is 5. The molecule has 19 heavy (non-hydrogen) atoms. The molecule has 0 saturated carbocycles. The van der Waals surface area contributed by atoms with Crippen LogP contribution in [0.3, 0.4) is 0 Å². The summed E-state index contributed by atoms with van der Waals surface area (Å²) in [6, 6.07) is 3.66. The van der Waals surface area contributed by atoms with Gasteiger partial charge in [0.2, 0.25) is 0 Å². The number of hydrogen-bond donors (Lipinski definition) is 2. The van der Waals surface area contributed by atoms with Crippen LogP contribution in [-0.4, -0.2) is 32.4 Å². The zero-order chi connectivity index (χ0) is 13.8. The highest BCUT2D eigenvalue weighted by Crippen LogP contribution is 2.13. The van der Waals surface area contributed by atoms with Crippen LogP contribution in [0.2, 0.25) is 0 Å². The average Bonchev–Trinajstić information content (AvgIpc) is 2.82. The maximum Gasteiger partial charge on any atom is 0.277 e. The summed E-state index contributed by atoms with van der Waals surface area (Å²) in [6.07, 6.45) is 1.57. The second-order valence-electron chi connectivity index (χ2n) is 4.20. The van der Waals surface area contributed by atoms with E-state index in [1.54, 1.807) is 6.20 Å². The molecule has 0 spiro atoms. The third-order valence-electron chi connectivity index (χ3n) is 2.60. The minimum absolute atomic E-state index is 0.258. The first-order valence-electron chi connectivity index (χ1n) is 5.96. The maximum absolute atomic E-state index is 12.0. The van der Waals surface area contributed by atoms with Gasteiger partial charge in [-0.15, -0.1) is 5.10 Å². The van der Waals surface area contributed by atoms with E-state index in [4.69, 9.17) is 5.73 Å². The van der Waals surface area contributed by atoms with E-state index < -0.39 is 0 Å². The first-order chi connectivity index (χ1) is 9.10. The fourth-order valence-corrected chi connectivity index (χ4v) is 1.65. The van der Waals surface area contributed by atoms with Gasteiger partial charge in [0.1, 0.15) is 0 Å². The predicted octanol–water partition coefficient (Wildman–Crippen LogP) is 0.501. The summed E-state index contributed by atoms with van der Waals surface area (Å²) >= 11 is 0. The van der Waals surface area contributed by atoms with E-state index in [9.17, 15) is 4.79 Å². The van der Waals surface area contributed by atoms with Crippen LogP contribution in [0.1, 0.15) is 21.9 Å². The molecule has 0 aliphatic heterocycles. The summed E-state index contributed by atoms with van der Waals surface area (Å²) in [6.45, 7) is 4.72. The Bertz CT molecular complexity index is 592. The lowest BCUT2D eigenvalue weighted by Crippen LogP contribution is -2.14. The van der Waals surface area contributed by atoms with Crippen molar-refractivity contribution in [2.75, 3.05) is 11.9 Å². The summed E-state index contributed by atoms with van der Waals surface area (Å²) in [5, 5.41) is 10.4. The number of pyridine rings is 1. The van der Waals surface area contributed by atoms with E-state index in [0.717, 1.165) is 11.4 Å². The van der Waals surface area contributed by atoms with Crippen LogP contribution in [0.4, 0.5) is 5.69 Å². The number of nitrogens with one attached hydrogen (secondary N) is 1. The molecule has 0 aromatic carbocycles. The molecule has 0 aliphatic carbocycles. The number of rotatable bonds is 4. The number of aromatic nitrogens is 4. The standard InChI is InChI=1S/C12H16N6O/c1-8-3-4-10(9(2)14-8)15-12(19)11-7-18(6-5-13)17-16-11/h3-4,7H,5-6,13H2,1-2H3,(H,15,19). The Labute approximate surface area is 110 Å². The number of nitrogens with zero attached hydrogens (tertiary/aromatic N) is 4. The minimum Gasteiger partial charge on any atom is -0.329 e. The van der Waals surface area contributed by atoms with Crippen molar-refractivity contribution in [2.24, 2.45) is 5.73 Å². The van der Waals surface area contributed by atoms with Crippen LogP contribution >= 0.6 is 0 Å². The Hall–Kier alpha value is -2.28. The summed E-state index contributed by atoms with van der Waals surface area (Å²) in [5.74, 6) is -0.308. The van der Waals surface area contributed by atoms with E-state index in [-0.39, 0.29) is 11.6 Å². The molecule has 2 aromatic rings. The van der Waals surface area contributed by atoms with Gasteiger partial charge < -0.3 is 11.1 Å². The molecule has 0 radical (unpaired) electrons. The van der Waals surface area contributed by atoms with Crippen LogP contribution in [0.15, 0.2) is 18.3 Å². The van der Waals surface area contributed by atoms with Crippen molar-refractivity contribution in [3.63, 3.8) is 0 Å². The topological polar surface area (TPSA) is 98.7 Å².